The molecule has 2 atom stereocenters. The molecule has 0 amide bonds. The Balaban J connectivity index is 2.49. The SMILES string of the molecule is CCCC1(O)CCCCC1N. The minimum atomic E-state index is -0.535. The first-order valence-corrected chi connectivity index (χ1v) is 4.67. The van der Waals surface area contributed by atoms with Gasteiger partial charge < -0.3 is 10.8 Å². The summed E-state index contributed by atoms with van der Waals surface area (Å²) in [7, 11) is 0. The van der Waals surface area contributed by atoms with Crippen LogP contribution in [0.3, 0.4) is 0 Å². The molecule has 11 heavy (non-hydrogen) atoms. The van der Waals surface area contributed by atoms with Crippen molar-refractivity contribution in [2.75, 3.05) is 0 Å². The van der Waals surface area contributed by atoms with Gasteiger partial charge in [0, 0.05) is 6.04 Å². The quantitative estimate of drug-likeness (QED) is 0.636. The largest absolute Gasteiger partial charge is 0.388 e. The summed E-state index contributed by atoms with van der Waals surface area (Å²) in [5.41, 5.74) is 5.31. The molecule has 1 rings (SSSR count). The first kappa shape index (κ1) is 9.01. The van der Waals surface area contributed by atoms with Crippen LogP contribution in [-0.2, 0) is 0 Å². The number of aliphatic hydroxyl groups is 1. The molecule has 1 aliphatic rings. The molecule has 0 aliphatic heterocycles. The Kier molecular flexibility index (Phi) is 2.90. The van der Waals surface area contributed by atoms with Crippen molar-refractivity contribution in [1.29, 1.82) is 0 Å². The van der Waals surface area contributed by atoms with E-state index in [9.17, 15) is 5.11 Å². The summed E-state index contributed by atoms with van der Waals surface area (Å²) >= 11 is 0. The normalized spacial score (nSPS) is 39.0. The lowest BCUT2D eigenvalue weighted by Gasteiger charge is -2.37. The molecule has 0 radical (unpaired) electrons. The Hall–Kier alpha value is -0.0800. The van der Waals surface area contributed by atoms with Crippen molar-refractivity contribution >= 4 is 0 Å². The van der Waals surface area contributed by atoms with Gasteiger partial charge in [0.1, 0.15) is 0 Å². The first-order valence-electron chi connectivity index (χ1n) is 4.67. The van der Waals surface area contributed by atoms with Crippen LogP contribution in [0.4, 0.5) is 0 Å². The molecular weight excluding hydrogens is 138 g/mol. The highest BCUT2D eigenvalue weighted by molar-refractivity contribution is 4.92. The second-order valence-electron chi connectivity index (χ2n) is 3.71. The second-order valence-corrected chi connectivity index (χ2v) is 3.71. The van der Waals surface area contributed by atoms with Crippen molar-refractivity contribution in [2.45, 2.75) is 57.1 Å². The maximum Gasteiger partial charge on any atom is 0.0797 e. The van der Waals surface area contributed by atoms with Crippen molar-refractivity contribution in [3.63, 3.8) is 0 Å². The van der Waals surface area contributed by atoms with E-state index in [0.29, 0.717) is 0 Å². The van der Waals surface area contributed by atoms with Crippen molar-refractivity contribution in [1.82, 2.24) is 0 Å². The highest BCUT2D eigenvalue weighted by Crippen LogP contribution is 2.30. The van der Waals surface area contributed by atoms with Crippen LogP contribution < -0.4 is 5.73 Å². The molecule has 0 aromatic rings. The third-order valence-corrected chi connectivity index (χ3v) is 2.75. The molecule has 2 unspecified atom stereocenters. The first-order chi connectivity index (χ1) is 5.19. The molecule has 0 saturated heterocycles. The van der Waals surface area contributed by atoms with Gasteiger partial charge >= 0.3 is 0 Å². The zero-order chi connectivity index (χ0) is 8.32. The maximum absolute atomic E-state index is 10.0. The van der Waals surface area contributed by atoms with Crippen LogP contribution in [0.15, 0.2) is 0 Å². The maximum atomic E-state index is 10.0. The van der Waals surface area contributed by atoms with Gasteiger partial charge in [-0.15, -0.1) is 0 Å². The lowest BCUT2D eigenvalue weighted by Crippen LogP contribution is -2.50. The van der Waals surface area contributed by atoms with E-state index < -0.39 is 5.60 Å². The van der Waals surface area contributed by atoms with Crippen LogP contribution in [0.2, 0.25) is 0 Å². The average molecular weight is 157 g/mol. The van der Waals surface area contributed by atoms with Gasteiger partial charge in [-0.05, 0) is 19.3 Å². The fraction of sp³-hybridized carbons (Fsp3) is 1.00. The molecule has 3 N–H and O–H groups in total. The van der Waals surface area contributed by atoms with Gasteiger partial charge in [-0.2, -0.15) is 0 Å². The minimum Gasteiger partial charge on any atom is -0.388 e. The molecule has 2 nitrogen and oxygen atoms in total. The highest BCUT2D eigenvalue weighted by Gasteiger charge is 2.35. The molecule has 0 spiro atoms. The lowest BCUT2D eigenvalue weighted by molar-refractivity contribution is -0.0220. The number of hydrogen-bond donors (Lipinski definition) is 2. The molecule has 0 aromatic heterocycles. The van der Waals surface area contributed by atoms with E-state index in [4.69, 9.17) is 5.73 Å². The van der Waals surface area contributed by atoms with Crippen molar-refractivity contribution in [2.24, 2.45) is 5.73 Å². The molecule has 0 heterocycles. The summed E-state index contributed by atoms with van der Waals surface area (Å²) in [6.07, 6.45) is 6.13. The highest BCUT2D eigenvalue weighted by atomic mass is 16.3. The van der Waals surface area contributed by atoms with Crippen LogP contribution in [0.1, 0.15) is 45.4 Å². The molecule has 2 heteroatoms. The smallest absolute Gasteiger partial charge is 0.0797 e. The standard InChI is InChI=1S/C9H19NO/c1-2-6-9(11)7-4-3-5-8(9)10/h8,11H,2-7,10H2,1H3. The zero-order valence-corrected chi connectivity index (χ0v) is 7.34. The van der Waals surface area contributed by atoms with Crippen molar-refractivity contribution in [3.05, 3.63) is 0 Å². The third kappa shape index (κ3) is 1.94. The Morgan fingerprint density at radius 3 is 2.82 bits per heavy atom. The predicted molar refractivity (Wildman–Crippen MR) is 46.3 cm³/mol. The second kappa shape index (κ2) is 3.55. The Labute approximate surface area is 68.8 Å². The molecule has 66 valence electrons. The van der Waals surface area contributed by atoms with Crippen LogP contribution in [-0.4, -0.2) is 16.7 Å². The Bertz CT molecular complexity index is 123. The van der Waals surface area contributed by atoms with Gasteiger partial charge in [0.2, 0.25) is 0 Å². The zero-order valence-electron chi connectivity index (χ0n) is 7.34. The van der Waals surface area contributed by atoms with Crippen LogP contribution >= 0.6 is 0 Å². The fourth-order valence-corrected chi connectivity index (χ4v) is 1.99. The van der Waals surface area contributed by atoms with Crippen LogP contribution in [0, 0.1) is 0 Å². The number of rotatable bonds is 2. The predicted octanol–water partition coefficient (Wildman–Crippen LogP) is 1.42. The summed E-state index contributed by atoms with van der Waals surface area (Å²) < 4.78 is 0. The fourth-order valence-electron chi connectivity index (χ4n) is 1.99. The van der Waals surface area contributed by atoms with Crippen LogP contribution in [0.25, 0.3) is 0 Å². The van der Waals surface area contributed by atoms with E-state index in [0.717, 1.165) is 32.1 Å². The van der Waals surface area contributed by atoms with Crippen LogP contribution in [0.5, 0.6) is 0 Å². The summed E-state index contributed by atoms with van der Waals surface area (Å²) in [6, 6.07) is 0.0243. The number of hydrogen-bond acceptors (Lipinski definition) is 2. The average Bonchev–Trinajstić information content (AvgIpc) is 1.96. The summed E-state index contributed by atoms with van der Waals surface area (Å²) in [5, 5.41) is 10.0. The summed E-state index contributed by atoms with van der Waals surface area (Å²) in [6.45, 7) is 2.10. The monoisotopic (exact) mass is 157 g/mol. The van der Waals surface area contributed by atoms with E-state index in [1.807, 2.05) is 0 Å². The van der Waals surface area contributed by atoms with Gasteiger partial charge in [0.25, 0.3) is 0 Å². The van der Waals surface area contributed by atoms with Gasteiger partial charge in [0.15, 0.2) is 0 Å². The minimum absolute atomic E-state index is 0.0243. The van der Waals surface area contributed by atoms with E-state index in [1.54, 1.807) is 0 Å². The van der Waals surface area contributed by atoms with Crippen molar-refractivity contribution < 1.29 is 5.11 Å². The molecule has 1 fully saturated rings. The molecule has 1 aliphatic carbocycles. The third-order valence-electron chi connectivity index (χ3n) is 2.75. The van der Waals surface area contributed by atoms with Gasteiger partial charge in [-0.25, -0.2) is 0 Å². The van der Waals surface area contributed by atoms with Gasteiger partial charge in [-0.3, -0.25) is 0 Å². The van der Waals surface area contributed by atoms with E-state index in [-0.39, 0.29) is 6.04 Å². The Morgan fingerprint density at radius 2 is 2.27 bits per heavy atom. The molecule has 1 saturated carbocycles. The summed E-state index contributed by atoms with van der Waals surface area (Å²) in [5.74, 6) is 0. The Morgan fingerprint density at radius 1 is 1.55 bits per heavy atom. The van der Waals surface area contributed by atoms with E-state index in [1.165, 1.54) is 6.42 Å². The van der Waals surface area contributed by atoms with E-state index >= 15 is 0 Å². The number of nitrogens with two attached hydrogens (primary N) is 1. The molecular formula is C9H19NO. The van der Waals surface area contributed by atoms with Crippen molar-refractivity contribution in [3.8, 4) is 0 Å². The molecule has 0 bridgehead atoms. The van der Waals surface area contributed by atoms with E-state index in [2.05, 4.69) is 6.92 Å². The topological polar surface area (TPSA) is 46.2 Å². The van der Waals surface area contributed by atoms with Gasteiger partial charge in [-0.1, -0.05) is 26.2 Å². The van der Waals surface area contributed by atoms with Gasteiger partial charge in [0.05, 0.1) is 5.60 Å². The summed E-state index contributed by atoms with van der Waals surface area (Å²) in [4.78, 5) is 0. The lowest BCUT2D eigenvalue weighted by atomic mass is 9.78. The molecule has 0 aromatic carbocycles.